The number of hydrogen-bond donors (Lipinski definition) is 2. The SMILES string of the molecule is O=C(NCC(=O)N1CCN(C(=O)c2cc(F)ccc2Br)CC1)c1ccc(Nc2ccccc2)cc1. The van der Waals surface area contributed by atoms with Gasteiger partial charge in [0.2, 0.25) is 5.91 Å². The van der Waals surface area contributed by atoms with Crippen LogP contribution in [0.25, 0.3) is 0 Å². The molecule has 0 atom stereocenters. The largest absolute Gasteiger partial charge is 0.356 e. The average molecular weight is 539 g/mol. The van der Waals surface area contributed by atoms with Crippen LogP contribution >= 0.6 is 15.9 Å². The molecular formula is C26H24BrFN4O3. The lowest BCUT2D eigenvalue weighted by molar-refractivity contribution is -0.131. The topological polar surface area (TPSA) is 81.8 Å². The molecule has 1 aliphatic heterocycles. The van der Waals surface area contributed by atoms with Gasteiger partial charge in [0.25, 0.3) is 11.8 Å². The first-order chi connectivity index (χ1) is 16.9. The van der Waals surface area contributed by atoms with E-state index in [1.54, 1.807) is 34.1 Å². The maximum atomic E-state index is 13.5. The Kier molecular flexibility index (Phi) is 7.77. The summed E-state index contributed by atoms with van der Waals surface area (Å²) in [6.07, 6.45) is 0. The molecule has 0 aliphatic carbocycles. The van der Waals surface area contributed by atoms with E-state index < -0.39 is 5.82 Å². The zero-order valence-electron chi connectivity index (χ0n) is 18.8. The fourth-order valence-corrected chi connectivity index (χ4v) is 4.17. The molecule has 0 saturated carbocycles. The fraction of sp³-hybridized carbons (Fsp3) is 0.192. The lowest BCUT2D eigenvalue weighted by Crippen LogP contribution is -2.52. The summed E-state index contributed by atoms with van der Waals surface area (Å²) in [4.78, 5) is 41.0. The summed E-state index contributed by atoms with van der Waals surface area (Å²) >= 11 is 3.28. The van der Waals surface area contributed by atoms with Crippen molar-refractivity contribution in [1.82, 2.24) is 15.1 Å². The van der Waals surface area contributed by atoms with Gasteiger partial charge < -0.3 is 20.4 Å². The summed E-state index contributed by atoms with van der Waals surface area (Å²) in [6.45, 7) is 1.21. The van der Waals surface area contributed by atoms with Crippen LogP contribution < -0.4 is 10.6 Å². The highest BCUT2D eigenvalue weighted by atomic mass is 79.9. The Morgan fingerprint density at radius 3 is 2.14 bits per heavy atom. The second kappa shape index (κ2) is 11.1. The van der Waals surface area contributed by atoms with Gasteiger partial charge in [0.05, 0.1) is 12.1 Å². The van der Waals surface area contributed by atoms with Crippen molar-refractivity contribution in [2.45, 2.75) is 0 Å². The van der Waals surface area contributed by atoms with Crippen LogP contribution in [-0.4, -0.2) is 60.2 Å². The fourth-order valence-electron chi connectivity index (χ4n) is 3.75. The summed E-state index contributed by atoms with van der Waals surface area (Å²) in [5.74, 6) is -1.33. The normalized spacial score (nSPS) is 13.3. The number of amides is 3. The number of carbonyl (C=O) groups is 3. The number of hydrogen-bond acceptors (Lipinski definition) is 4. The van der Waals surface area contributed by atoms with Crippen molar-refractivity contribution < 1.29 is 18.8 Å². The van der Waals surface area contributed by atoms with Crippen molar-refractivity contribution in [3.05, 3.63) is 94.2 Å². The molecule has 1 heterocycles. The maximum absolute atomic E-state index is 13.5. The lowest BCUT2D eigenvalue weighted by atomic mass is 10.1. The van der Waals surface area contributed by atoms with E-state index in [1.165, 1.54) is 18.2 Å². The van der Waals surface area contributed by atoms with Crippen molar-refractivity contribution in [3.8, 4) is 0 Å². The molecule has 3 aromatic carbocycles. The van der Waals surface area contributed by atoms with E-state index in [4.69, 9.17) is 0 Å². The van der Waals surface area contributed by atoms with Gasteiger partial charge >= 0.3 is 0 Å². The van der Waals surface area contributed by atoms with Crippen LogP contribution in [0.2, 0.25) is 0 Å². The third-order valence-corrected chi connectivity index (χ3v) is 6.38. The standard InChI is InChI=1S/C26H24BrFN4O3/c27-23-11-8-19(28)16-22(23)26(35)32-14-12-31(13-15-32)24(33)17-29-25(34)18-6-9-21(10-7-18)30-20-4-2-1-3-5-20/h1-11,16,30H,12-15,17H2,(H,29,34). The molecule has 0 bridgehead atoms. The second-order valence-electron chi connectivity index (χ2n) is 8.05. The van der Waals surface area contributed by atoms with Crippen molar-refractivity contribution in [1.29, 1.82) is 0 Å². The van der Waals surface area contributed by atoms with E-state index in [0.29, 0.717) is 36.2 Å². The molecule has 3 amide bonds. The highest BCUT2D eigenvalue weighted by molar-refractivity contribution is 9.10. The summed E-state index contributed by atoms with van der Waals surface area (Å²) in [7, 11) is 0. The van der Waals surface area contributed by atoms with Gasteiger partial charge in [-0.2, -0.15) is 0 Å². The van der Waals surface area contributed by atoms with Gasteiger partial charge in [-0.05, 0) is 70.5 Å². The van der Waals surface area contributed by atoms with Crippen LogP contribution in [-0.2, 0) is 4.79 Å². The van der Waals surface area contributed by atoms with Crippen LogP contribution in [0, 0.1) is 5.82 Å². The van der Waals surface area contributed by atoms with E-state index in [9.17, 15) is 18.8 Å². The summed E-state index contributed by atoms with van der Waals surface area (Å²) < 4.78 is 14.1. The predicted octanol–water partition coefficient (Wildman–Crippen LogP) is 4.05. The Hall–Kier alpha value is -3.72. The summed E-state index contributed by atoms with van der Waals surface area (Å²) in [6, 6.07) is 20.7. The molecule has 4 rings (SSSR count). The lowest BCUT2D eigenvalue weighted by Gasteiger charge is -2.35. The molecule has 1 aliphatic rings. The third kappa shape index (κ3) is 6.24. The highest BCUT2D eigenvalue weighted by Crippen LogP contribution is 2.21. The number of carbonyl (C=O) groups excluding carboxylic acids is 3. The van der Waals surface area contributed by atoms with Crippen molar-refractivity contribution >= 4 is 45.0 Å². The molecule has 0 unspecified atom stereocenters. The Morgan fingerprint density at radius 1 is 0.829 bits per heavy atom. The Bertz CT molecular complexity index is 1210. The van der Waals surface area contributed by atoms with Crippen LogP contribution in [0.4, 0.5) is 15.8 Å². The van der Waals surface area contributed by atoms with E-state index in [0.717, 1.165) is 11.4 Å². The zero-order valence-corrected chi connectivity index (χ0v) is 20.4. The quantitative estimate of drug-likeness (QED) is 0.496. The average Bonchev–Trinajstić information content (AvgIpc) is 2.89. The van der Waals surface area contributed by atoms with E-state index in [-0.39, 0.29) is 29.8 Å². The minimum absolute atomic E-state index is 0.133. The maximum Gasteiger partial charge on any atom is 0.255 e. The number of benzene rings is 3. The Balaban J connectivity index is 1.24. The van der Waals surface area contributed by atoms with E-state index in [1.807, 2.05) is 30.3 Å². The molecule has 0 spiro atoms. The first-order valence-electron chi connectivity index (χ1n) is 11.1. The molecule has 3 aromatic rings. The van der Waals surface area contributed by atoms with E-state index >= 15 is 0 Å². The molecule has 180 valence electrons. The minimum atomic E-state index is -0.483. The van der Waals surface area contributed by atoms with Crippen molar-refractivity contribution in [3.63, 3.8) is 0 Å². The van der Waals surface area contributed by atoms with Gasteiger partial charge in [-0.3, -0.25) is 14.4 Å². The van der Waals surface area contributed by atoms with Crippen LogP contribution in [0.15, 0.2) is 77.3 Å². The first-order valence-corrected chi connectivity index (χ1v) is 11.9. The monoisotopic (exact) mass is 538 g/mol. The molecule has 2 N–H and O–H groups in total. The third-order valence-electron chi connectivity index (χ3n) is 5.69. The Morgan fingerprint density at radius 2 is 1.46 bits per heavy atom. The molecule has 1 fully saturated rings. The smallest absolute Gasteiger partial charge is 0.255 e. The minimum Gasteiger partial charge on any atom is -0.356 e. The number of nitrogens with zero attached hydrogens (tertiary/aromatic N) is 2. The van der Waals surface area contributed by atoms with Crippen LogP contribution in [0.3, 0.4) is 0 Å². The number of halogens is 2. The molecule has 0 aromatic heterocycles. The van der Waals surface area contributed by atoms with Gasteiger partial charge in [0.15, 0.2) is 0 Å². The number of anilines is 2. The second-order valence-corrected chi connectivity index (χ2v) is 8.90. The van der Waals surface area contributed by atoms with Crippen molar-refractivity contribution in [2.75, 3.05) is 38.0 Å². The number of rotatable bonds is 6. The van der Waals surface area contributed by atoms with Gasteiger partial charge in [-0.1, -0.05) is 18.2 Å². The molecule has 1 saturated heterocycles. The van der Waals surface area contributed by atoms with Crippen molar-refractivity contribution in [2.24, 2.45) is 0 Å². The summed E-state index contributed by atoms with van der Waals surface area (Å²) in [5, 5.41) is 5.91. The predicted molar refractivity (Wildman–Crippen MR) is 135 cm³/mol. The van der Waals surface area contributed by atoms with Gasteiger partial charge in [0, 0.05) is 47.6 Å². The number of para-hydroxylation sites is 1. The molecule has 0 radical (unpaired) electrons. The highest BCUT2D eigenvalue weighted by Gasteiger charge is 2.26. The summed E-state index contributed by atoms with van der Waals surface area (Å²) in [5.41, 5.74) is 2.50. The molecule has 7 nitrogen and oxygen atoms in total. The molecule has 9 heteroatoms. The molecule has 35 heavy (non-hydrogen) atoms. The zero-order chi connectivity index (χ0) is 24.8. The van der Waals surface area contributed by atoms with E-state index in [2.05, 4.69) is 26.6 Å². The van der Waals surface area contributed by atoms with Gasteiger partial charge in [-0.25, -0.2) is 4.39 Å². The first kappa shape index (κ1) is 24.4. The van der Waals surface area contributed by atoms with Crippen LogP contribution in [0.5, 0.6) is 0 Å². The van der Waals surface area contributed by atoms with Gasteiger partial charge in [-0.15, -0.1) is 0 Å². The van der Waals surface area contributed by atoms with Crippen LogP contribution in [0.1, 0.15) is 20.7 Å². The number of nitrogens with one attached hydrogen (secondary N) is 2. The van der Waals surface area contributed by atoms with Gasteiger partial charge in [0.1, 0.15) is 5.82 Å². The molecular weight excluding hydrogens is 515 g/mol. The Labute approximate surface area is 211 Å². The number of piperazine rings is 1.